The summed E-state index contributed by atoms with van der Waals surface area (Å²) in [5, 5.41) is 6.02. The number of rotatable bonds is 16. The molecule has 0 fully saturated rings. The van der Waals surface area contributed by atoms with E-state index in [-0.39, 0.29) is 23.9 Å². The minimum Gasteiger partial charge on any atom is -0.355 e. The van der Waals surface area contributed by atoms with Crippen LogP contribution in [-0.4, -0.2) is 48.9 Å². The van der Waals surface area contributed by atoms with E-state index in [1.807, 2.05) is 7.05 Å². The number of hydrogen-bond donors (Lipinski definition) is 2. The second-order valence-electron chi connectivity index (χ2n) is 7.57. The van der Waals surface area contributed by atoms with Crippen molar-refractivity contribution in [3.63, 3.8) is 0 Å². The van der Waals surface area contributed by atoms with Crippen molar-refractivity contribution < 1.29 is 9.59 Å². The first-order chi connectivity index (χ1) is 13.4. The highest BCUT2D eigenvalue weighted by Crippen LogP contribution is 2.02. The molecule has 0 aliphatic rings. The number of hydrogen-bond acceptors (Lipinski definition) is 3. The molecule has 0 aromatic carbocycles. The van der Waals surface area contributed by atoms with Crippen LogP contribution in [0.3, 0.4) is 0 Å². The molecule has 0 saturated carbocycles. The molecule has 0 bridgehead atoms. The van der Waals surface area contributed by atoms with Crippen LogP contribution in [-0.2, 0) is 9.59 Å². The van der Waals surface area contributed by atoms with E-state index < -0.39 is 0 Å². The average Bonchev–Trinajstić information content (AvgIpc) is 2.69. The normalized spacial score (nSPS) is 13.9. The number of unbranched alkanes of at least 4 members (excludes halogenated alkanes) is 2. The zero-order chi connectivity index (χ0) is 21.2. The quantitative estimate of drug-likeness (QED) is 0.386. The molecule has 5 nitrogen and oxygen atoms in total. The number of carbonyl (C=O) groups excluding carboxylic acids is 2. The highest BCUT2D eigenvalue weighted by atomic mass is 16.2. The molecule has 162 valence electrons. The molecule has 0 aromatic rings. The first kappa shape index (κ1) is 26.4. The number of allylic oxidation sites excluding steroid dienone is 4. The molecular formula is C23H43N3O2. The summed E-state index contributed by atoms with van der Waals surface area (Å²) in [6.07, 6.45) is 15.6. The lowest BCUT2D eigenvalue weighted by atomic mass is 10.2. The second-order valence-corrected chi connectivity index (χ2v) is 7.57. The number of carbonyl (C=O) groups is 2. The summed E-state index contributed by atoms with van der Waals surface area (Å²) in [5.41, 5.74) is 0. The summed E-state index contributed by atoms with van der Waals surface area (Å²) in [7, 11) is 2.04. The summed E-state index contributed by atoms with van der Waals surface area (Å²) in [4.78, 5) is 26.1. The molecule has 0 aliphatic heterocycles. The molecule has 2 unspecified atom stereocenters. The van der Waals surface area contributed by atoms with Crippen LogP contribution in [0.5, 0.6) is 0 Å². The van der Waals surface area contributed by atoms with Gasteiger partial charge in [0.1, 0.15) is 0 Å². The van der Waals surface area contributed by atoms with Gasteiger partial charge in [-0.15, -0.1) is 0 Å². The van der Waals surface area contributed by atoms with Gasteiger partial charge >= 0.3 is 0 Å². The maximum absolute atomic E-state index is 11.9. The van der Waals surface area contributed by atoms with Crippen molar-refractivity contribution in [1.82, 2.24) is 15.5 Å². The Kier molecular flexibility index (Phi) is 16.5. The van der Waals surface area contributed by atoms with Crippen molar-refractivity contribution in [3.05, 3.63) is 24.3 Å². The third kappa shape index (κ3) is 14.4. The first-order valence-corrected chi connectivity index (χ1v) is 11.0. The molecule has 0 saturated heterocycles. The van der Waals surface area contributed by atoms with Crippen LogP contribution in [0.1, 0.15) is 79.1 Å². The minimum atomic E-state index is 0.0958. The Morgan fingerprint density at radius 1 is 0.750 bits per heavy atom. The smallest absolute Gasteiger partial charge is 0.220 e. The molecule has 0 aliphatic carbocycles. The summed E-state index contributed by atoms with van der Waals surface area (Å²) >= 11 is 0. The van der Waals surface area contributed by atoms with Crippen molar-refractivity contribution in [1.29, 1.82) is 0 Å². The lowest BCUT2D eigenvalue weighted by Gasteiger charge is -2.31. The van der Waals surface area contributed by atoms with Gasteiger partial charge in [0.25, 0.3) is 0 Å². The highest BCUT2D eigenvalue weighted by Gasteiger charge is 2.17. The van der Waals surface area contributed by atoms with Gasteiger partial charge in [0.05, 0.1) is 0 Å². The Morgan fingerprint density at radius 3 is 1.46 bits per heavy atom. The van der Waals surface area contributed by atoms with Crippen molar-refractivity contribution >= 4 is 11.8 Å². The van der Waals surface area contributed by atoms with Crippen molar-refractivity contribution in [2.75, 3.05) is 20.1 Å². The molecule has 0 radical (unpaired) electrons. The van der Waals surface area contributed by atoms with E-state index in [4.69, 9.17) is 0 Å². The molecule has 2 atom stereocenters. The number of likely N-dealkylation sites (N-methyl/N-ethyl adjacent to an activating group) is 1. The summed E-state index contributed by atoms with van der Waals surface area (Å²) in [6, 6.07) is 0.423. The summed E-state index contributed by atoms with van der Waals surface area (Å²) < 4.78 is 0. The fourth-order valence-corrected chi connectivity index (χ4v) is 2.66. The van der Waals surface area contributed by atoms with Crippen LogP contribution in [0.2, 0.25) is 0 Å². The SMILES string of the molecule is CCC/C=C/CCC(=O)NCC(C)N(C)C(C)CNC(=O)CC/C=C/CCC. The second kappa shape index (κ2) is 17.5. The zero-order valence-corrected chi connectivity index (χ0v) is 18.8. The van der Waals surface area contributed by atoms with Gasteiger partial charge in [-0.1, -0.05) is 51.0 Å². The van der Waals surface area contributed by atoms with Crippen LogP contribution >= 0.6 is 0 Å². The minimum absolute atomic E-state index is 0.0958. The standard InChI is InChI=1S/C23H43N3O2/c1-6-8-10-12-14-16-22(27)24-18-20(3)26(5)21(4)19-25-23(28)17-15-13-11-9-7-2/h10-13,20-21H,6-9,14-19H2,1-5H3,(H,24,27)(H,25,28)/b12-10+,13-11+. The molecule has 0 aromatic heterocycles. The van der Waals surface area contributed by atoms with Gasteiger partial charge in [0.15, 0.2) is 0 Å². The Morgan fingerprint density at radius 2 is 1.11 bits per heavy atom. The zero-order valence-electron chi connectivity index (χ0n) is 18.8. The molecule has 2 N–H and O–H groups in total. The Labute approximate surface area is 173 Å². The topological polar surface area (TPSA) is 61.4 Å². The van der Waals surface area contributed by atoms with E-state index in [1.54, 1.807) is 0 Å². The Balaban J connectivity index is 3.98. The van der Waals surface area contributed by atoms with E-state index in [0.29, 0.717) is 25.9 Å². The fraction of sp³-hybridized carbons (Fsp3) is 0.739. The monoisotopic (exact) mass is 393 g/mol. The Hall–Kier alpha value is -1.62. The van der Waals surface area contributed by atoms with Gasteiger partial charge in [0.2, 0.25) is 11.8 Å². The third-order valence-electron chi connectivity index (χ3n) is 4.90. The van der Waals surface area contributed by atoms with Crippen molar-refractivity contribution in [2.45, 2.75) is 91.1 Å². The predicted octanol–water partition coefficient (Wildman–Crippen LogP) is 4.20. The third-order valence-corrected chi connectivity index (χ3v) is 4.90. The summed E-state index contributed by atoms with van der Waals surface area (Å²) in [6.45, 7) is 9.72. The lowest BCUT2D eigenvalue weighted by Crippen LogP contribution is -2.48. The molecule has 0 heterocycles. The molecule has 2 amide bonds. The van der Waals surface area contributed by atoms with Crippen LogP contribution in [0.4, 0.5) is 0 Å². The highest BCUT2D eigenvalue weighted by molar-refractivity contribution is 5.76. The maximum Gasteiger partial charge on any atom is 0.220 e. The molecule has 5 heteroatoms. The summed E-state index contributed by atoms with van der Waals surface area (Å²) in [5.74, 6) is 0.192. The van der Waals surface area contributed by atoms with Gasteiger partial charge in [-0.25, -0.2) is 0 Å². The van der Waals surface area contributed by atoms with E-state index in [2.05, 4.69) is 67.5 Å². The van der Waals surface area contributed by atoms with Crippen LogP contribution in [0.25, 0.3) is 0 Å². The Bertz CT molecular complexity index is 432. The molecule has 28 heavy (non-hydrogen) atoms. The largest absolute Gasteiger partial charge is 0.355 e. The van der Waals surface area contributed by atoms with Crippen molar-refractivity contribution in [2.24, 2.45) is 0 Å². The average molecular weight is 394 g/mol. The van der Waals surface area contributed by atoms with E-state index in [0.717, 1.165) is 38.5 Å². The van der Waals surface area contributed by atoms with Gasteiger partial charge in [-0.2, -0.15) is 0 Å². The van der Waals surface area contributed by atoms with Gasteiger partial charge in [-0.3, -0.25) is 14.5 Å². The molecule has 0 rings (SSSR count). The van der Waals surface area contributed by atoms with Gasteiger partial charge < -0.3 is 10.6 Å². The lowest BCUT2D eigenvalue weighted by molar-refractivity contribution is -0.121. The van der Waals surface area contributed by atoms with E-state index in [9.17, 15) is 9.59 Å². The maximum atomic E-state index is 11.9. The number of nitrogens with zero attached hydrogens (tertiary/aromatic N) is 1. The van der Waals surface area contributed by atoms with Gasteiger partial charge in [0, 0.05) is 38.0 Å². The van der Waals surface area contributed by atoms with E-state index >= 15 is 0 Å². The van der Waals surface area contributed by atoms with Crippen LogP contribution in [0, 0.1) is 0 Å². The molecule has 0 spiro atoms. The first-order valence-electron chi connectivity index (χ1n) is 11.0. The number of nitrogens with one attached hydrogen (secondary N) is 2. The van der Waals surface area contributed by atoms with Crippen LogP contribution < -0.4 is 10.6 Å². The number of amides is 2. The molecular weight excluding hydrogens is 350 g/mol. The fourth-order valence-electron chi connectivity index (χ4n) is 2.66. The van der Waals surface area contributed by atoms with Crippen molar-refractivity contribution in [3.8, 4) is 0 Å². The predicted molar refractivity (Wildman–Crippen MR) is 119 cm³/mol. The van der Waals surface area contributed by atoms with Gasteiger partial charge in [-0.05, 0) is 46.6 Å². The van der Waals surface area contributed by atoms with E-state index in [1.165, 1.54) is 0 Å². The van der Waals surface area contributed by atoms with Crippen LogP contribution in [0.15, 0.2) is 24.3 Å².